The summed E-state index contributed by atoms with van der Waals surface area (Å²) < 4.78 is 6.01. The summed E-state index contributed by atoms with van der Waals surface area (Å²) in [6.45, 7) is 6.50. The van der Waals surface area contributed by atoms with Crippen molar-refractivity contribution >= 4 is 15.9 Å². The molecule has 2 heteroatoms. The van der Waals surface area contributed by atoms with E-state index in [0.717, 1.165) is 23.9 Å². The van der Waals surface area contributed by atoms with Gasteiger partial charge in [-0.25, -0.2) is 0 Å². The molecule has 1 aromatic carbocycles. The summed E-state index contributed by atoms with van der Waals surface area (Å²) in [5, 5.41) is 1.02. The SMILES string of the molecule is Cc1cc(C)c2c(c1C)OC(CCBr)C2. The van der Waals surface area contributed by atoms with Crippen LogP contribution in [0.15, 0.2) is 6.07 Å². The smallest absolute Gasteiger partial charge is 0.126 e. The molecule has 1 atom stereocenters. The maximum Gasteiger partial charge on any atom is 0.126 e. The van der Waals surface area contributed by atoms with E-state index in [1.807, 2.05) is 0 Å². The van der Waals surface area contributed by atoms with E-state index in [1.54, 1.807) is 0 Å². The van der Waals surface area contributed by atoms with Crippen molar-refractivity contribution in [1.82, 2.24) is 0 Å². The molecular weight excluding hydrogens is 252 g/mol. The van der Waals surface area contributed by atoms with Gasteiger partial charge in [-0.3, -0.25) is 0 Å². The monoisotopic (exact) mass is 268 g/mol. The highest BCUT2D eigenvalue weighted by Crippen LogP contribution is 2.37. The Balaban J connectivity index is 2.36. The van der Waals surface area contributed by atoms with Crippen LogP contribution in [0.2, 0.25) is 0 Å². The number of hydrogen-bond donors (Lipinski definition) is 0. The molecular formula is C13H17BrO. The van der Waals surface area contributed by atoms with Crippen LogP contribution < -0.4 is 4.74 Å². The zero-order chi connectivity index (χ0) is 11.0. The third-order valence-corrected chi connectivity index (χ3v) is 3.72. The van der Waals surface area contributed by atoms with Gasteiger partial charge >= 0.3 is 0 Å². The maximum atomic E-state index is 6.01. The molecule has 2 rings (SSSR count). The fourth-order valence-electron chi connectivity index (χ4n) is 2.24. The molecule has 1 aliphatic heterocycles. The number of fused-ring (bicyclic) bond motifs is 1. The number of hydrogen-bond acceptors (Lipinski definition) is 1. The quantitative estimate of drug-likeness (QED) is 0.744. The van der Waals surface area contributed by atoms with E-state index in [2.05, 4.69) is 42.8 Å². The lowest BCUT2D eigenvalue weighted by Gasteiger charge is -2.11. The predicted molar refractivity (Wildman–Crippen MR) is 67.2 cm³/mol. The minimum atomic E-state index is 0.374. The molecule has 0 bridgehead atoms. The Labute approximate surface area is 100.0 Å². The van der Waals surface area contributed by atoms with Gasteiger partial charge in [-0.1, -0.05) is 22.0 Å². The van der Waals surface area contributed by atoms with Crippen molar-refractivity contribution in [3.8, 4) is 5.75 Å². The molecule has 0 aliphatic carbocycles. The van der Waals surface area contributed by atoms with Crippen molar-refractivity contribution in [2.75, 3.05) is 5.33 Å². The summed E-state index contributed by atoms with van der Waals surface area (Å²) in [7, 11) is 0. The first-order chi connectivity index (χ1) is 7.13. The van der Waals surface area contributed by atoms with E-state index in [0.29, 0.717) is 6.10 Å². The van der Waals surface area contributed by atoms with Crippen LogP contribution in [0.4, 0.5) is 0 Å². The molecule has 0 amide bonds. The molecule has 0 fully saturated rings. The third-order valence-electron chi connectivity index (χ3n) is 3.26. The molecule has 0 radical (unpaired) electrons. The van der Waals surface area contributed by atoms with E-state index < -0.39 is 0 Å². The average Bonchev–Trinajstić information content (AvgIpc) is 2.60. The molecule has 0 saturated heterocycles. The van der Waals surface area contributed by atoms with Crippen LogP contribution >= 0.6 is 15.9 Å². The van der Waals surface area contributed by atoms with E-state index in [4.69, 9.17) is 4.74 Å². The lowest BCUT2D eigenvalue weighted by molar-refractivity contribution is 0.229. The van der Waals surface area contributed by atoms with Gasteiger partial charge < -0.3 is 4.74 Å². The van der Waals surface area contributed by atoms with Gasteiger partial charge in [0.1, 0.15) is 11.9 Å². The first-order valence-corrected chi connectivity index (χ1v) is 6.58. The second-order valence-corrected chi connectivity index (χ2v) is 5.16. The zero-order valence-corrected chi connectivity index (χ0v) is 11.1. The summed E-state index contributed by atoms with van der Waals surface area (Å²) in [5.41, 5.74) is 5.45. The fraction of sp³-hybridized carbons (Fsp3) is 0.538. The van der Waals surface area contributed by atoms with E-state index in [-0.39, 0.29) is 0 Å². The van der Waals surface area contributed by atoms with Crippen molar-refractivity contribution in [1.29, 1.82) is 0 Å². The van der Waals surface area contributed by atoms with Crippen LogP contribution in [0.1, 0.15) is 28.7 Å². The van der Waals surface area contributed by atoms with Gasteiger partial charge in [0.15, 0.2) is 0 Å². The number of benzene rings is 1. The van der Waals surface area contributed by atoms with Gasteiger partial charge in [0, 0.05) is 17.3 Å². The van der Waals surface area contributed by atoms with Crippen molar-refractivity contribution in [2.24, 2.45) is 0 Å². The standard InChI is InChI=1S/C13H17BrO/c1-8-6-9(2)12-7-11(4-5-14)15-13(12)10(8)3/h6,11H,4-5,7H2,1-3H3. The molecule has 1 aliphatic rings. The first-order valence-electron chi connectivity index (χ1n) is 5.45. The van der Waals surface area contributed by atoms with Gasteiger partial charge in [0.25, 0.3) is 0 Å². The second kappa shape index (κ2) is 4.17. The minimum absolute atomic E-state index is 0.374. The third kappa shape index (κ3) is 1.92. The van der Waals surface area contributed by atoms with E-state index >= 15 is 0 Å². The molecule has 15 heavy (non-hydrogen) atoms. The lowest BCUT2D eigenvalue weighted by Crippen LogP contribution is -2.13. The first kappa shape index (κ1) is 11.0. The largest absolute Gasteiger partial charge is 0.489 e. The van der Waals surface area contributed by atoms with Crippen molar-refractivity contribution in [2.45, 2.75) is 39.7 Å². The van der Waals surface area contributed by atoms with Crippen molar-refractivity contribution < 1.29 is 4.74 Å². The fourth-order valence-corrected chi connectivity index (χ4v) is 2.75. The number of halogens is 1. The Hall–Kier alpha value is -0.500. The molecule has 1 heterocycles. The number of alkyl halides is 1. The highest BCUT2D eigenvalue weighted by Gasteiger charge is 2.26. The summed E-state index contributed by atoms with van der Waals surface area (Å²) >= 11 is 3.48. The number of rotatable bonds is 2. The molecule has 1 unspecified atom stereocenters. The summed E-state index contributed by atoms with van der Waals surface area (Å²) in [4.78, 5) is 0. The Bertz CT molecular complexity index is 385. The number of ether oxygens (including phenoxy) is 1. The van der Waals surface area contributed by atoms with E-state index in [9.17, 15) is 0 Å². The highest BCUT2D eigenvalue weighted by atomic mass is 79.9. The molecule has 1 aromatic rings. The lowest BCUT2D eigenvalue weighted by atomic mass is 9.97. The van der Waals surface area contributed by atoms with Crippen LogP contribution in [0, 0.1) is 20.8 Å². The van der Waals surface area contributed by atoms with Crippen molar-refractivity contribution in [3.63, 3.8) is 0 Å². The molecule has 1 nitrogen and oxygen atoms in total. The van der Waals surface area contributed by atoms with Crippen molar-refractivity contribution in [3.05, 3.63) is 28.3 Å². The molecule has 0 aromatic heterocycles. The predicted octanol–water partition coefficient (Wildman–Crippen LogP) is 3.70. The minimum Gasteiger partial charge on any atom is -0.489 e. The second-order valence-electron chi connectivity index (χ2n) is 4.36. The Morgan fingerprint density at radius 2 is 2.07 bits per heavy atom. The van der Waals surface area contributed by atoms with Crippen LogP contribution in [0.25, 0.3) is 0 Å². The topological polar surface area (TPSA) is 9.23 Å². The van der Waals surface area contributed by atoms with Gasteiger partial charge in [0.2, 0.25) is 0 Å². The van der Waals surface area contributed by atoms with Gasteiger partial charge in [-0.15, -0.1) is 0 Å². The van der Waals surface area contributed by atoms with Crippen LogP contribution in [0.3, 0.4) is 0 Å². The number of aryl methyl sites for hydroxylation is 2. The molecule has 0 spiro atoms. The zero-order valence-electron chi connectivity index (χ0n) is 9.56. The van der Waals surface area contributed by atoms with Gasteiger partial charge in [-0.05, 0) is 43.9 Å². The van der Waals surface area contributed by atoms with E-state index in [1.165, 1.54) is 22.3 Å². The van der Waals surface area contributed by atoms with Gasteiger partial charge in [0.05, 0.1) is 0 Å². The Morgan fingerprint density at radius 3 is 2.73 bits per heavy atom. The summed E-state index contributed by atoms with van der Waals surface area (Å²) in [6.07, 6.45) is 2.54. The van der Waals surface area contributed by atoms with Crippen LogP contribution in [-0.4, -0.2) is 11.4 Å². The normalized spacial score (nSPS) is 18.8. The summed E-state index contributed by atoms with van der Waals surface area (Å²) in [6, 6.07) is 2.27. The van der Waals surface area contributed by atoms with Crippen LogP contribution in [-0.2, 0) is 6.42 Å². The molecule has 0 saturated carbocycles. The van der Waals surface area contributed by atoms with Gasteiger partial charge in [-0.2, -0.15) is 0 Å². The maximum absolute atomic E-state index is 6.01. The average molecular weight is 269 g/mol. The molecule has 82 valence electrons. The molecule has 0 N–H and O–H groups in total. The Kier molecular flexibility index (Phi) is 3.06. The highest BCUT2D eigenvalue weighted by molar-refractivity contribution is 9.09. The van der Waals surface area contributed by atoms with Crippen LogP contribution in [0.5, 0.6) is 5.75 Å². The Morgan fingerprint density at radius 1 is 1.33 bits per heavy atom. The summed E-state index contributed by atoms with van der Waals surface area (Å²) in [5.74, 6) is 1.15.